The summed E-state index contributed by atoms with van der Waals surface area (Å²) in [6.45, 7) is 0. The SMILES string of the molecule is Cn1cc(-c2nnc3ccc(N)cn23)cn1. The molecule has 3 rings (SSSR count). The minimum absolute atomic E-state index is 0.678. The summed E-state index contributed by atoms with van der Waals surface area (Å²) in [5.74, 6) is 0.746. The number of anilines is 1. The van der Waals surface area contributed by atoms with Crippen LogP contribution in [0.3, 0.4) is 0 Å². The van der Waals surface area contributed by atoms with Gasteiger partial charge in [-0.1, -0.05) is 0 Å². The summed E-state index contributed by atoms with van der Waals surface area (Å²) in [5, 5.41) is 12.3. The first kappa shape index (κ1) is 8.90. The smallest absolute Gasteiger partial charge is 0.171 e. The van der Waals surface area contributed by atoms with Crippen molar-refractivity contribution in [2.24, 2.45) is 7.05 Å². The van der Waals surface area contributed by atoms with Gasteiger partial charge in [-0.25, -0.2) is 0 Å². The van der Waals surface area contributed by atoms with E-state index < -0.39 is 0 Å². The van der Waals surface area contributed by atoms with Crippen LogP contribution in [0.15, 0.2) is 30.7 Å². The third-order valence-electron chi connectivity index (χ3n) is 2.39. The fourth-order valence-corrected chi connectivity index (χ4v) is 1.64. The largest absolute Gasteiger partial charge is 0.398 e. The third-order valence-corrected chi connectivity index (χ3v) is 2.39. The van der Waals surface area contributed by atoms with Crippen molar-refractivity contribution in [3.05, 3.63) is 30.7 Å². The van der Waals surface area contributed by atoms with Gasteiger partial charge in [0.05, 0.1) is 11.8 Å². The van der Waals surface area contributed by atoms with E-state index in [1.165, 1.54) is 0 Å². The van der Waals surface area contributed by atoms with Crippen LogP contribution in [0.2, 0.25) is 0 Å². The number of aryl methyl sites for hydroxylation is 1. The Bertz CT molecular complexity index is 650. The molecule has 0 unspecified atom stereocenters. The summed E-state index contributed by atoms with van der Waals surface area (Å²) in [6.07, 6.45) is 5.44. The standard InChI is InChI=1S/C10H10N6/c1-15-5-7(4-12-15)10-14-13-9-3-2-8(11)6-16(9)10/h2-6H,11H2,1H3. The number of hydrogen-bond donors (Lipinski definition) is 1. The van der Waals surface area contributed by atoms with Crippen LogP contribution in [0, 0.1) is 0 Å². The molecule has 0 aliphatic heterocycles. The molecule has 3 aromatic heterocycles. The molecule has 0 bridgehead atoms. The van der Waals surface area contributed by atoms with E-state index in [2.05, 4.69) is 15.3 Å². The predicted octanol–water partition coefficient (Wildman–Crippen LogP) is 0.712. The first-order valence-corrected chi connectivity index (χ1v) is 4.83. The van der Waals surface area contributed by atoms with E-state index in [9.17, 15) is 0 Å². The molecule has 0 fully saturated rings. The Morgan fingerprint density at radius 1 is 1.19 bits per heavy atom. The van der Waals surface area contributed by atoms with Gasteiger partial charge in [0.2, 0.25) is 0 Å². The summed E-state index contributed by atoms with van der Waals surface area (Å²) in [5.41, 5.74) is 8.10. The van der Waals surface area contributed by atoms with E-state index in [1.807, 2.05) is 23.7 Å². The first-order valence-electron chi connectivity index (χ1n) is 4.83. The van der Waals surface area contributed by atoms with E-state index in [-0.39, 0.29) is 0 Å². The summed E-state index contributed by atoms with van der Waals surface area (Å²) >= 11 is 0. The second kappa shape index (κ2) is 3.06. The van der Waals surface area contributed by atoms with Crippen LogP contribution in [-0.2, 0) is 7.05 Å². The van der Waals surface area contributed by atoms with Gasteiger partial charge in [0, 0.05) is 25.1 Å². The molecule has 3 aromatic rings. The van der Waals surface area contributed by atoms with E-state index in [0.717, 1.165) is 17.0 Å². The zero-order valence-electron chi connectivity index (χ0n) is 8.70. The van der Waals surface area contributed by atoms with Crippen molar-refractivity contribution in [2.75, 3.05) is 5.73 Å². The van der Waals surface area contributed by atoms with E-state index in [1.54, 1.807) is 23.1 Å². The highest BCUT2D eigenvalue weighted by Gasteiger charge is 2.09. The molecule has 0 aliphatic carbocycles. The monoisotopic (exact) mass is 214 g/mol. The predicted molar refractivity (Wildman–Crippen MR) is 59.6 cm³/mol. The average molecular weight is 214 g/mol. The quantitative estimate of drug-likeness (QED) is 0.647. The molecular weight excluding hydrogens is 204 g/mol. The van der Waals surface area contributed by atoms with Gasteiger partial charge >= 0.3 is 0 Å². The van der Waals surface area contributed by atoms with Crippen molar-refractivity contribution in [1.82, 2.24) is 24.4 Å². The van der Waals surface area contributed by atoms with Crippen LogP contribution in [0.25, 0.3) is 17.0 Å². The maximum absolute atomic E-state index is 5.74. The molecule has 6 heteroatoms. The first-order chi connectivity index (χ1) is 7.74. The average Bonchev–Trinajstić information content (AvgIpc) is 2.83. The molecule has 0 radical (unpaired) electrons. The number of nitrogen functional groups attached to an aromatic ring is 1. The number of nitrogens with two attached hydrogens (primary N) is 1. The number of nitrogens with zero attached hydrogens (tertiary/aromatic N) is 5. The van der Waals surface area contributed by atoms with Gasteiger partial charge in [0.1, 0.15) is 0 Å². The second-order valence-corrected chi connectivity index (χ2v) is 3.62. The number of fused-ring (bicyclic) bond motifs is 1. The molecule has 6 nitrogen and oxygen atoms in total. The Morgan fingerprint density at radius 3 is 2.81 bits per heavy atom. The van der Waals surface area contributed by atoms with Crippen LogP contribution in [0.4, 0.5) is 5.69 Å². The molecule has 0 aliphatic rings. The minimum Gasteiger partial charge on any atom is -0.398 e. The molecule has 2 N–H and O–H groups in total. The molecule has 3 heterocycles. The van der Waals surface area contributed by atoms with Gasteiger partial charge < -0.3 is 5.73 Å². The van der Waals surface area contributed by atoms with Crippen LogP contribution in [-0.4, -0.2) is 24.4 Å². The normalized spacial score (nSPS) is 11.1. The van der Waals surface area contributed by atoms with Gasteiger partial charge in [-0.15, -0.1) is 10.2 Å². The van der Waals surface area contributed by atoms with Gasteiger partial charge in [-0.3, -0.25) is 9.08 Å². The van der Waals surface area contributed by atoms with Crippen molar-refractivity contribution < 1.29 is 0 Å². The molecule has 80 valence electrons. The molecule has 0 amide bonds. The lowest BCUT2D eigenvalue weighted by molar-refractivity contribution is 0.768. The summed E-state index contributed by atoms with van der Waals surface area (Å²) in [6, 6.07) is 3.64. The molecule has 0 saturated carbocycles. The van der Waals surface area contributed by atoms with Gasteiger partial charge in [-0.05, 0) is 12.1 Å². The fraction of sp³-hybridized carbons (Fsp3) is 0.100. The Kier molecular flexibility index (Phi) is 1.70. The molecular formula is C10H10N6. The van der Waals surface area contributed by atoms with Crippen molar-refractivity contribution >= 4 is 11.3 Å². The molecule has 0 atom stereocenters. The minimum atomic E-state index is 0.678. The van der Waals surface area contributed by atoms with Crippen LogP contribution in [0.5, 0.6) is 0 Å². The molecule has 0 aromatic carbocycles. The molecule has 0 saturated heterocycles. The van der Waals surface area contributed by atoms with Gasteiger partial charge in [0.15, 0.2) is 11.5 Å². The maximum Gasteiger partial charge on any atom is 0.171 e. The van der Waals surface area contributed by atoms with Crippen LogP contribution in [0.1, 0.15) is 0 Å². The second-order valence-electron chi connectivity index (χ2n) is 3.62. The number of rotatable bonds is 1. The molecule has 16 heavy (non-hydrogen) atoms. The van der Waals surface area contributed by atoms with E-state index in [0.29, 0.717) is 5.69 Å². The number of aromatic nitrogens is 5. The Labute approximate surface area is 91.3 Å². The highest BCUT2D eigenvalue weighted by atomic mass is 15.3. The van der Waals surface area contributed by atoms with E-state index >= 15 is 0 Å². The van der Waals surface area contributed by atoms with Crippen molar-refractivity contribution in [3.63, 3.8) is 0 Å². The maximum atomic E-state index is 5.74. The lowest BCUT2D eigenvalue weighted by atomic mass is 10.3. The topological polar surface area (TPSA) is 74.0 Å². The summed E-state index contributed by atoms with van der Waals surface area (Å²) in [7, 11) is 1.86. The Morgan fingerprint density at radius 2 is 2.06 bits per heavy atom. The number of pyridine rings is 1. The van der Waals surface area contributed by atoms with Crippen LogP contribution >= 0.6 is 0 Å². The molecule has 0 spiro atoms. The van der Waals surface area contributed by atoms with E-state index in [4.69, 9.17) is 5.73 Å². The van der Waals surface area contributed by atoms with Gasteiger partial charge in [-0.2, -0.15) is 5.10 Å². The van der Waals surface area contributed by atoms with Crippen LogP contribution < -0.4 is 5.73 Å². The Hall–Kier alpha value is -2.37. The lowest BCUT2D eigenvalue weighted by Gasteiger charge is -1.97. The Balaban J connectivity index is 2.27. The highest BCUT2D eigenvalue weighted by Crippen LogP contribution is 2.18. The third kappa shape index (κ3) is 1.23. The van der Waals surface area contributed by atoms with Crippen molar-refractivity contribution in [2.45, 2.75) is 0 Å². The van der Waals surface area contributed by atoms with Crippen molar-refractivity contribution in [1.29, 1.82) is 0 Å². The zero-order valence-corrected chi connectivity index (χ0v) is 8.70. The fourth-order valence-electron chi connectivity index (χ4n) is 1.64. The summed E-state index contributed by atoms with van der Waals surface area (Å²) < 4.78 is 3.58. The highest BCUT2D eigenvalue weighted by molar-refractivity contribution is 5.59. The summed E-state index contributed by atoms with van der Waals surface area (Å²) in [4.78, 5) is 0. The number of hydrogen-bond acceptors (Lipinski definition) is 4. The lowest BCUT2D eigenvalue weighted by Crippen LogP contribution is -1.92. The van der Waals surface area contributed by atoms with Crippen molar-refractivity contribution in [3.8, 4) is 11.4 Å². The zero-order chi connectivity index (χ0) is 11.1. The van der Waals surface area contributed by atoms with Gasteiger partial charge in [0.25, 0.3) is 0 Å².